The maximum atomic E-state index is 4.28. The molecule has 2 aromatic heterocycles. The third kappa shape index (κ3) is 9.12. The predicted molar refractivity (Wildman–Crippen MR) is 211 cm³/mol. The van der Waals surface area contributed by atoms with Gasteiger partial charge in [0.15, 0.2) is 0 Å². The highest BCUT2D eigenvalue weighted by atomic mass is 32.1. The summed E-state index contributed by atoms with van der Waals surface area (Å²) in [5, 5.41) is 0. The van der Waals surface area contributed by atoms with Gasteiger partial charge in [0.05, 0.1) is 44.5 Å². The van der Waals surface area contributed by atoms with Gasteiger partial charge in [-0.3, -0.25) is 9.98 Å². The van der Waals surface area contributed by atoms with Gasteiger partial charge in [-0.1, -0.05) is 97.9 Å². The fraction of sp³-hybridized carbons (Fsp3) is 0.333. The summed E-state index contributed by atoms with van der Waals surface area (Å²) < 4.78 is 2.57. The van der Waals surface area contributed by atoms with Crippen LogP contribution >= 0.6 is 22.7 Å². The molecule has 48 heavy (non-hydrogen) atoms. The first kappa shape index (κ1) is 35.3. The molecule has 0 spiro atoms. The number of fused-ring (bicyclic) bond motifs is 4. The Hall–Kier alpha value is -4.00. The fourth-order valence-corrected chi connectivity index (χ4v) is 6.82. The maximum Gasteiger partial charge on any atom is 0.0814 e. The summed E-state index contributed by atoms with van der Waals surface area (Å²) in [5.74, 6) is 2.44. The summed E-state index contributed by atoms with van der Waals surface area (Å²) >= 11 is 3.40. The molecule has 4 heterocycles. The molecule has 2 aliphatic rings. The maximum absolute atomic E-state index is 4.28. The molecule has 0 N–H and O–H groups in total. The second kappa shape index (κ2) is 16.4. The van der Waals surface area contributed by atoms with E-state index in [9.17, 15) is 0 Å². The number of nitrogens with zero attached hydrogens (tertiary/aromatic N) is 4. The molecular weight excluding hydrogens is 625 g/mol. The molecule has 6 aromatic rings. The van der Waals surface area contributed by atoms with Gasteiger partial charge < -0.3 is 0 Å². The van der Waals surface area contributed by atoms with E-state index >= 15 is 0 Å². The van der Waals surface area contributed by atoms with Crippen molar-refractivity contribution in [2.75, 3.05) is 0 Å². The van der Waals surface area contributed by atoms with E-state index in [0.717, 1.165) is 24.1 Å². The molecule has 0 unspecified atom stereocenters. The van der Waals surface area contributed by atoms with Crippen molar-refractivity contribution in [2.45, 2.75) is 92.2 Å². The van der Waals surface area contributed by atoms with Crippen LogP contribution in [-0.2, 0) is 13.1 Å². The first-order valence-corrected chi connectivity index (χ1v) is 18.8. The largest absolute Gasteiger partial charge is 0.288 e. The van der Waals surface area contributed by atoms with E-state index in [0.29, 0.717) is 23.7 Å². The SMILES string of the molecule is CC(C)c1ccc2c(c1)C=NC2.CC(C)c1ccc2c(c1)CN=C2.CC(C)c1ccc2ncsc2c1.CC(C)c1ccc2scnc2c1. The molecule has 0 aliphatic carbocycles. The average Bonchev–Trinajstić information content (AvgIpc) is 3.91. The van der Waals surface area contributed by atoms with Gasteiger partial charge in [-0.2, -0.15) is 0 Å². The third-order valence-electron chi connectivity index (χ3n) is 8.70. The first-order chi connectivity index (χ1) is 23.1. The van der Waals surface area contributed by atoms with E-state index in [1.807, 2.05) is 23.5 Å². The molecule has 0 fully saturated rings. The molecule has 0 bridgehead atoms. The molecule has 2 aliphatic heterocycles. The number of aromatic nitrogens is 2. The smallest absolute Gasteiger partial charge is 0.0814 e. The Morgan fingerprint density at radius 3 is 1.69 bits per heavy atom. The summed E-state index contributed by atoms with van der Waals surface area (Å²) in [6, 6.07) is 26.3. The molecular formula is C42H48N4S2. The fourth-order valence-electron chi connectivity index (χ4n) is 5.43. The molecule has 4 nitrogen and oxygen atoms in total. The van der Waals surface area contributed by atoms with Gasteiger partial charge in [-0.05, 0) is 98.5 Å². The van der Waals surface area contributed by atoms with Crippen LogP contribution in [0.25, 0.3) is 20.4 Å². The van der Waals surface area contributed by atoms with Crippen LogP contribution in [0.1, 0.15) is 124 Å². The summed E-state index contributed by atoms with van der Waals surface area (Å²) in [7, 11) is 0. The number of rotatable bonds is 4. The second-order valence-corrected chi connectivity index (χ2v) is 15.4. The average molecular weight is 673 g/mol. The van der Waals surface area contributed by atoms with Crippen LogP contribution in [0.4, 0.5) is 0 Å². The Bertz CT molecular complexity index is 1930. The van der Waals surface area contributed by atoms with E-state index in [-0.39, 0.29) is 0 Å². The van der Waals surface area contributed by atoms with Gasteiger partial charge in [0.2, 0.25) is 0 Å². The second-order valence-electron chi connectivity index (χ2n) is 13.6. The van der Waals surface area contributed by atoms with Crippen LogP contribution in [0.3, 0.4) is 0 Å². The Morgan fingerprint density at radius 2 is 0.979 bits per heavy atom. The topological polar surface area (TPSA) is 50.5 Å². The van der Waals surface area contributed by atoms with Crippen molar-refractivity contribution in [1.29, 1.82) is 0 Å². The van der Waals surface area contributed by atoms with Gasteiger partial charge in [-0.25, -0.2) is 9.97 Å². The molecule has 0 amide bonds. The molecule has 0 radical (unpaired) electrons. The summed E-state index contributed by atoms with van der Waals surface area (Å²) in [5.41, 5.74) is 17.0. The third-order valence-corrected chi connectivity index (χ3v) is 10.3. The molecule has 8 rings (SSSR count). The highest BCUT2D eigenvalue weighted by Gasteiger charge is 2.09. The zero-order valence-electron chi connectivity index (χ0n) is 29.6. The van der Waals surface area contributed by atoms with E-state index < -0.39 is 0 Å². The number of aliphatic imine (C=N–C) groups is 2. The summed E-state index contributed by atoms with van der Waals surface area (Å²) in [6.45, 7) is 19.4. The van der Waals surface area contributed by atoms with E-state index in [4.69, 9.17) is 0 Å². The molecule has 0 atom stereocenters. The summed E-state index contributed by atoms with van der Waals surface area (Å²) in [6.07, 6.45) is 3.93. The quantitative estimate of drug-likeness (QED) is 0.187. The van der Waals surface area contributed by atoms with Crippen molar-refractivity contribution >= 4 is 55.5 Å². The van der Waals surface area contributed by atoms with Gasteiger partial charge in [0.25, 0.3) is 0 Å². The minimum Gasteiger partial charge on any atom is -0.288 e. The zero-order valence-corrected chi connectivity index (χ0v) is 31.2. The van der Waals surface area contributed by atoms with Crippen molar-refractivity contribution in [3.05, 3.63) is 128 Å². The summed E-state index contributed by atoms with van der Waals surface area (Å²) in [4.78, 5) is 17.0. The lowest BCUT2D eigenvalue weighted by molar-refractivity contribution is 0.862. The van der Waals surface area contributed by atoms with Crippen molar-refractivity contribution < 1.29 is 0 Å². The lowest BCUT2D eigenvalue weighted by atomic mass is 9.99. The van der Waals surface area contributed by atoms with Crippen LogP contribution in [0.2, 0.25) is 0 Å². The van der Waals surface area contributed by atoms with Gasteiger partial charge in [0.1, 0.15) is 0 Å². The normalized spacial score (nSPS) is 12.6. The lowest BCUT2D eigenvalue weighted by Gasteiger charge is -2.06. The van der Waals surface area contributed by atoms with Crippen molar-refractivity contribution in [1.82, 2.24) is 9.97 Å². The Kier molecular flexibility index (Phi) is 12.1. The number of thiazole rings is 2. The highest BCUT2D eigenvalue weighted by Crippen LogP contribution is 2.25. The molecule has 0 saturated carbocycles. The van der Waals surface area contributed by atoms with Crippen molar-refractivity contribution in [2.24, 2.45) is 9.98 Å². The molecule has 0 saturated heterocycles. The number of benzene rings is 4. The number of hydrogen-bond donors (Lipinski definition) is 0. The lowest BCUT2D eigenvalue weighted by Crippen LogP contribution is -1.91. The van der Waals surface area contributed by atoms with Crippen LogP contribution in [0, 0.1) is 0 Å². The van der Waals surface area contributed by atoms with Crippen molar-refractivity contribution in [3.8, 4) is 0 Å². The predicted octanol–water partition coefficient (Wildman–Crippen LogP) is 12.3. The van der Waals surface area contributed by atoms with E-state index in [2.05, 4.69) is 148 Å². The van der Waals surface area contributed by atoms with Crippen molar-refractivity contribution in [3.63, 3.8) is 0 Å². The van der Waals surface area contributed by atoms with E-state index in [1.54, 1.807) is 22.7 Å². The Balaban J connectivity index is 0.000000125. The zero-order chi connectivity index (χ0) is 34.2. The first-order valence-electron chi connectivity index (χ1n) is 17.0. The molecule has 6 heteroatoms. The Labute approximate surface area is 294 Å². The van der Waals surface area contributed by atoms with Crippen LogP contribution < -0.4 is 0 Å². The van der Waals surface area contributed by atoms with Gasteiger partial charge >= 0.3 is 0 Å². The van der Waals surface area contributed by atoms with Crippen LogP contribution in [0.5, 0.6) is 0 Å². The van der Waals surface area contributed by atoms with Gasteiger partial charge in [-0.15, -0.1) is 22.7 Å². The highest BCUT2D eigenvalue weighted by molar-refractivity contribution is 7.17. The number of hydrogen-bond acceptors (Lipinski definition) is 6. The monoisotopic (exact) mass is 672 g/mol. The minimum absolute atomic E-state index is 0.594. The standard InChI is InChI=1S/2C11H13N.2C10H11NS/c2*1-8(2)9-3-4-10-6-12-7-11(10)5-9;1-7(2)8-3-4-10-9(5-8)11-6-12-10;1-7(2)8-3-4-9-10(5-8)12-6-11-9/h3-5,7-8H,6H2,1-2H3;3-6,8H,7H2,1-2H3;2*3-7H,1-2H3. The van der Waals surface area contributed by atoms with E-state index in [1.165, 1.54) is 53.9 Å². The van der Waals surface area contributed by atoms with Gasteiger partial charge in [0, 0.05) is 12.4 Å². The van der Waals surface area contributed by atoms with Crippen LogP contribution in [-0.4, -0.2) is 22.4 Å². The molecule has 4 aromatic carbocycles. The molecule has 248 valence electrons. The minimum atomic E-state index is 0.594. The Morgan fingerprint density at radius 1 is 0.458 bits per heavy atom. The van der Waals surface area contributed by atoms with Crippen LogP contribution in [0.15, 0.2) is 93.8 Å².